The first-order valence-electron chi connectivity index (χ1n) is 8.91. The molecule has 0 radical (unpaired) electrons. The van der Waals surface area contributed by atoms with Gasteiger partial charge in [0.1, 0.15) is 0 Å². The first-order chi connectivity index (χ1) is 13.1. The van der Waals surface area contributed by atoms with Crippen LogP contribution < -0.4 is 10.6 Å². The summed E-state index contributed by atoms with van der Waals surface area (Å²) in [5, 5.41) is 5.73. The first kappa shape index (κ1) is 18.5. The summed E-state index contributed by atoms with van der Waals surface area (Å²) in [5.74, 6) is -0.294. The van der Waals surface area contributed by atoms with E-state index in [0.29, 0.717) is 11.3 Å². The summed E-state index contributed by atoms with van der Waals surface area (Å²) in [7, 11) is 0. The number of amides is 2. The van der Waals surface area contributed by atoms with Crippen LogP contribution in [-0.2, 0) is 6.42 Å². The quantitative estimate of drug-likeness (QED) is 0.659. The topological polar surface area (TPSA) is 71.3 Å². The Morgan fingerprint density at radius 2 is 1.78 bits per heavy atom. The highest BCUT2D eigenvalue weighted by Gasteiger charge is 2.13. The number of benzene rings is 2. The van der Waals surface area contributed by atoms with Crippen LogP contribution in [0.25, 0.3) is 0 Å². The van der Waals surface area contributed by atoms with Crippen LogP contribution in [-0.4, -0.2) is 17.9 Å². The molecule has 1 atom stereocenters. The number of nitrogens with one attached hydrogen (secondary N) is 2. The highest BCUT2D eigenvalue weighted by Crippen LogP contribution is 2.13. The molecule has 138 valence electrons. The minimum Gasteiger partial charge on any atom is -0.459 e. The molecular formula is C22H22N2O3. The van der Waals surface area contributed by atoms with Gasteiger partial charge in [0.2, 0.25) is 0 Å². The van der Waals surface area contributed by atoms with Crippen molar-refractivity contribution in [3.05, 3.63) is 89.9 Å². The highest BCUT2D eigenvalue weighted by atomic mass is 16.3. The second-order valence-electron chi connectivity index (χ2n) is 6.41. The van der Waals surface area contributed by atoms with Crippen molar-refractivity contribution in [3.8, 4) is 0 Å². The van der Waals surface area contributed by atoms with E-state index in [1.165, 1.54) is 11.8 Å². The number of rotatable bonds is 7. The molecule has 2 amide bonds. The molecular weight excluding hydrogens is 340 g/mol. The number of carbonyl (C=O) groups is 2. The van der Waals surface area contributed by atoms with Crippen LogP contribution in [0.5, 0.6) is 0 Å². The molecule has 3 rings (SSSR count). The molecule has 1 heterocycles. The lowest BCUT2D eigenvalue weighted by molar-refractivity contribution is 0.0936. The molecule has 0 fully saturated rings. The third-order valence-electron chi connectivity index (χ3n) is 4.21. The molecule has 5 nitrogen and oxygen atoms in total. The third-order valence-corrected chi connectivity index (χ3v) is 4.21. The molecule has 3 aromatic rings. The molecule has 0 saturated heterocycles. The van der Waals surface area contributed by atoms with Crippen LogP contribution in [0.4, 0.5) is 5.69 Å². The van der Waals surface area contributed by atoms with E-state index < -0.39 is 0 Å². The number of aryl methyl sites for hydroxylation is 1. The Morgan fingerprint density at radius 1 is 0.963 bits per heavy atom. The average molecular weight is 362 g/mol. The smallest absolute Gasteiger partial charge is 0.291 e. The van der Waals surface area contributed by atoms with E-state index in [1.54, 1.807) is 36.4 Å². The summed E-state index contributed by atoms with van der Waals surface area (Å²) in [5.41, 5.74) is 2.29. The Hall–Kier alpha value is -3.34. The van der Waals surface area contributed by atoms with Crippen LogP contribution in [0.1, 0.15) is 39.8 Å². The summed E-state index contributed by atoms with van der Waals surface area (Å²) < 4.78 is 5.07. The zero-order valence-electron chi connectivity index (χ0n) is 15.1. The molecule has 27 heavy (non-hydrogen) atoms. The summed E-state index contributed by atoms with van der Waals surface area (Å²) in [4.78, 5) is 24.5. The average Bonchev–Trinajstić information content (AvgIpc) is 3.22. The van der Waals surface area contributed by atoms with Gasteiger partial charge in [-0.3, -0.25) is 9.59 Å². The van der Waals surface area contributed by atoms with Crippen molar-refractivity contribution in [3.63, 3.8) is 0 Å². The van der Waals surface area contributed by atoms with Gasteiger partial charge >= 0.3 is 0 Å². The SMILES string of the molecule is CC(CCc1ccccc1)NC(=O)c1cccc(NC(=O)c2ccco2)c1. The van der Waals surface area contributed by atoms with E-state index in [2.05, 4.69) is 22.8 Å². The Balaban J connectivity index is 1.55. The van der Waals surface area contributed by atoms with Crippen LogP contribution >= 0.6 is 0 Å². The molecule has 0 aliphatic carbocycles. The molecule has 5 heteroatoms. The molecule has 0 spiro atoms. The minimum atomic E-state index is -0.353. The number of carbonyl (C=O) groups excluding carboxylic acids is 2. The van der Waals surface area contributed by atoms with Crippen molar-refractivity contribution < 1.29 is 14.0 Å². The fourth-order valence-corrected chi connectivity index (χ4v) is 2.75. The van der Waals surface area contributed by atoms with Crippen molar-refractivity contribution >= 4 is 17.5 Å². The van der Waals surface area contributed by atoms with Gasteiger partial charge in [-0.05, 0) is 55.7 Å². The third kappa shape index (κ3) is 5.31. The maximum absolute atomic E-state index is 12.5. The van der Waals surface area contributed by atoms with Crippen LogP contribution in [0, 0.1) is 0 Å². The predicted molar refractivity (Wildman–Crippen MR) is 105 cm³/mol. The first-order valence-corrected chi connectivity index (χ1v) is 8.91. The van der Waals surface area contributed by atoms with Crippen LogP contribution in [0.15, 0.2) is 77.4 Å². The van der Waals surface area contributed by atoms with Gasteiger partial charge in [0.05, 0.1) is 6.26 Å². The second kappa shape index (κ2) is 8.85. The molecule has 2 N–H and O–H groups in total. The van der Waals surface area contributed by atoms with Gasteiger partial charge in [0.15, 0.2) is 5.76 Å². The minimum absolute atomic E-state index is 0.0408. The van der Waals surface area contributed by atoms with Gasteiger partial charge < -0.3 is 15.1 Å². The van der Waals surface area contributed by atoms with Crippen molar-refractivity contribution in [1.82, 2.24) is 5.32 Å². The number of anilines is 1. The number of furan rings is 1. The normalized spacial score (nSPS) is 11.6. The van der Waals surface area contributed by atoms with Crippen molar-refractivity contribution in [2.24, 2.45) is 0 Å². The van der Waals surface area contributed by atoms with E-state index in [4.69, 9.17) is 4.42 Å². The summed E-state index contributed by atoms with van der Waals surface area (Å²) in [6.45, 7) is 1.99. The largest absolute Gasteiger partial charge is 0.459 e. The zero-order chi connectivity index (χ0) is 19.1. The van der Waals surface area contributed by atoms with E-state index in [1.807, 2.05) is 25.1 Å². The molecule has 0 saturated carbocycles. The van der Waals surface area contributed by atoms with Gasteiger partial charge in [-0.25, -0.2) is 0 Å². The molecule has 2 aromatic carbocycles. The molecule has 0 bridgehead atoms. The lowest BCUT2D eigenvalue weighted by atomic mass is 10.1. The summed E-state index contributed by atoms with van der Waals surface area (Å²) in [6, 6.07) is 20.3. The lowest BCUT2D eigenvalue weighted by Gasteiger charge is -2.14. The van der Waals surface area contributed by atoms with Crippen LogP contribution in [0.2, 0.25) is 0 Å². The van der Waals surface area contributed by atoms with E-state index >= 15 is 0 Å². The number of hydrogen-bond donors (Lipinski definition) is 2. The lowest BCUT2D eigenvalue weighted by Crippen LogP contribution is -2.32. The van der Waals surface area contributed by atoms with Gasteiger partial charge in [0, 0.05) is 17.3 Å². The van der Waals surface area contributed by atoms with Crippen molar-refractivity contribution in [1.29, 1.82) is 0 Å². The molecule has 0 aliphatic heterocycles. The van der Waals surface area contributed by atoms with Gasteiger partial charge in [0.25, 0.3) is 11.8 Å². The Morgan fingerprint density at radius 3 is 2.52 bits per heavy atom. The fourth-order valence-electron chi connectivity index (χ4n) is 2.75. The van der Waals surface area contributed by atoms with E-state index in [-0.39, 0.29) is 23.6 Å². The predicted octanol–water partition coefficient (Wildman–Crippen LogP) is 4.28. The molecule has 0 aliphatic rings. The molecule has 1 unspecified atom stereocenters. The van der Waals surface area contributed by atoms with E-state index in [0.717, 1.165) is 12.8 Å². The maximum atomic E-state index is 12.5. The van der Waals surface area contributed by atoms with Crippen molar-refractivity contribution in [2.75, 3.05) is 5.32 Å². The Kier molecular flexibility index (Phi) is 6.05. The fraction of sp³-hybridized carbons (Fsp3) is 0.182. The summed E-state index contributed by atoms with van der Waals surface area (Å²) >= 11 is 0. The van der Waals surface area contributed by atoms with Gasteiger partial charge in [-0.1, -0.05) is 36.4 Å². The standard InChI is InChI=1S/C22H22N2O3/c1-16(12-13-17-7-3-2-4-8-17)23-21(25)18-9-5-10-19(15-18)24-22(26)20-11-6-14-27-20/h2-11,14-16H,12-13H2,1H3,(H,23,25)(H,24,26). The van der Waals surface area contributed by atoms with Gasteiger partial charge in [-0.15, -0.1) is 0 Å². The Bertz CT molecular complexity index is 889. The van der Waals surface area contributed by atoms with Gasteiger partial charge in [-0.2, -0.15) is 0 Å². The zero-order valence-corrected chi connectivity index (χ0v) is 15.1. The van der Waals surface area contributed by atoms with Crippen molar-refractivity contribution in [2.45, 2.75) is 25.8 Å². The summed E-state index contributed by atoms with van der Waals surface area (Å²) in [6.07, 6.45) is 3.20. The molecule has 1 aromatic heterocycles. The highest BCUT2D eigenvalue weighted by molar-refractivity contribution is 6.03. The van der Waals surface area contributed by atoms with E-state index in [9.17, 15) is 9.59 Å². The monoisotopic (exact) mass is 362 g/mol. The maximum Gasteiger partial charge on any atom is 0.291 e. The van der Waals surface area contributed by atoms with Crippen LogP contribution in [0.3, 0.4) is 0 Å². The Labute approximate surface area is 158 Å². The second-order valence-corrected chi connectivity index (χ2v) is 6.41. The number of hydrogen-bond acceptors (Lipinski definition) is 3.